The molecule has 0 aliphatic carbocycles. The van der Waals surface area contributed by atoms with Gasteiger partial charge in [-0.1, -0.05) is 11.2 Å². The van der Waals surface area contributed by atoms with Gasteiger partial charge in [0, 0.05) is 25.6 Å². The predicted octanol–water partition coefficient (Wildman–Crippen LogP) is 1.79. The van der Waals surface area contributed by atoms with Crippen LogP contribution in [0.25, 0.3) is 0 Å². The Morgan fingerprint density at radius 2 is 1.93 bits per heavy atom. The summed E-state index contributed by atoms with van der Waals surface area (Å²) in [6.07, 6.45) is 1.08. The van der Waals surface area contributed by atoms with Crippen molar-refractivity contribution < 1.29 is 27.2 Å². The lowest BCUT2D eigenvalue weighted by atomic mass is 10.2. The molecule has 1 N–H and O–H groups in total. The Morgan fingerprint density at radius 3 is 2.48 bits per heavy atom. The topological polar surface area (TPSA) is 111 Å². The summed E-state index contributed by atoms with van der Waals surface area (Å²) in [6.45, 7) is 1.84. The van der Waals surface area contributed by atoms with E-state index in [-0.39, 0.29) is 25.4 Å². The molecule has 10 heteroatoms. The molecule has 9 nitrogen and oxygen atoms in total. The fourth-order valence-corrected chi connectivity index (χ4v) is 3.21. The molecule has 0 atom stereocenters. The molecule has 27 heavy (non-hydrogen) atoms. The number of aryl methyl sites for hydroxylation is 1. The number of benzene rings is 1. The number of carbonyl (C=O) groups is 1. The summed E-state index contributed by atoms with van der Waals surface area (Å²) in [4.78, 5) is 12.0. The van der Waals surface area contributed by atoms with E-state index in [9.17, 15) is 13.2 Å². The van der Waals surface area contributed by atoms with Crippen LogP contribution in [-0.2, 0) is 21.4 Å². The molecule has 0 aliphatic rings. The SMILES string of the molecule is COc1ccc(CN(CCC(=O)Nc2cc(C)on2)S(C)(=O)=O)cc1OC. The summed E-state index contributed by atoms with van der Waals surface area (Å²) in [5, 5.41) is 6.24. The van der Waals surface area contributed by atoms with Crippen LogP contribution in [0.15, 0.2) is 28.8 Å². The first-order chi connectivity index (χ1) is 12.7. The average Bonchev–Trinajstić information content (AvgIpc) is 3.01. The van der Waals surface area contributed by atoms with Crippen molar-refractivity contribution in [3.8, 4) is 11.5 Å². The van der Waals surface area contributed by atoms with Gasteiger partial charge in [-0.25, -0.2) is 8.42 Å². The lowest BCUT2D eigenvalue weighted by Crippen LogP contribution is -2.32. The maximum Gasteiger partial charge on any atom is 0.226 e. The Morgan fingerprint density at radius 1 is 1.22 bits per heavy atom. The van der Waals surface area contributed by atoms with E-state index in [0.717, 1.165) is 6.26 Å². The first-order valence-corrected chi connectivity index (χ1v) is 9.97. The van der Waals surface area contributed by atoms with Crippen LogP contribution in [0, 0.1) is 6.92 Å². The number of methoxy groups -OCH3 is 2. The number of hydrogen-bond donors (Lipinski definition) is 1. The first kappa shape index (κ1) is 20.7. The fraction of sp³-hybridized carbons (Fsp3) is 0.412. The third kappa shape index (κ3) is 5.97. The van der Waals surface area contributed by atoms with E-state index in [1.54, 1.807) is 31.2 Å². The van der Waals surface area contributed by atoms with Crippen molar-refractivity contribution in [1.29, 1.82) is 0 Å². The first-order valence-electron chi connectivity index (χ1n) is 8.12. The van der Waals surface area contributed by atoms with Crippen molar-refractivity contribution >= 4 is 21.7 Å². The van der Waals surface area contributed by atoms with E-state index in [1.807, 2.05) is 0 Å². The molecule has 0 saturated heterocycles. The zero-order chi connectivity index (χ0) is 20.0. The molecule has 0 fully saturated rings. The van der Waals surface area contributed by atoms with E-state index in [0.29, 0.717) is 28.6 Å². The molecule has 0 aliphatic heterocycles. The van der Waals surface area contributed by atoms with Crippen LogP contribution in [0.2, 0.25) is 0 Å². The number of anilines is 1. The van der Waals surface area contributed by atoms with E-state index < -0.39 is 10.0 Å². The number of ether oxygens (including phenoxy) is 2. The molecule has 0 radical (unpaired) electrons. The number of sulfonamides is 1. The van der Waals surface area contributed by atoms with Gasteiger partial charge in [0.25, 0.3) is 0 Å². The highest BCUT2D eigenvalue weighted by molar-refractivity contribution is 7.88. The normalized spacial score (nSPS) is 11.4. The number of amides is 1. The van der Waals surface area contributed by atoms with E-state index >= 15 is 0 Å². The van der Waals surface area contributed by atoms with Crippen LogP contribution in [0.1, 0.15) is 17.7 Å². The molecular weight excluding hydrogens is 374 g/mol. The van der Waals surface area contributed by atoms with E-state index in [2.05, 4.69) is 10.5 Å². The Kier molecular flexibility index (Phi) is 6.81. The highest BCUT2D eigenvalue weighted by Crippen LogP contribution is 2.28. The van der Waals surface area contributed by atoms with Gasteiger partial charge >= 0.3 is 0 Å². The number of carbonyl (C=O) groups excluding carboxylic acids is 1. The quantitative estimate of drug-likeness (QED) is 0.687. The molecule has 1 heterocycles. The minimum absolute atomic E-state index is 0.0216. The smallest absolute Gasteiger partial charge is 0.226 e. The summed E-state index contributed by atoms with van der Waals surface area (Å²) in [5.74, 6) is 1.56. The van der Waals surface area contributed by atoms with Crippen LogP contribution in [0.3, 0.4) is 0 Å². The van der Waals surface area contributed by atoms with Crippen molar-refractivity contribution in [3.05, 3.63) is 35.6 Å². The molecule has 1 aromatic carbocycles. The zero-order valence-corrected chi connectivity index (χ0v) is 16.5. The second-order valence-electron chi connectivity index (χ2n) is 5.91. The zero-order valence-electron chi connectivity index (χ0n) is 15.7. The minimum Gasteiger partial charge on any atom is -0.493 e. The van der Waals surface area contributed by atoms with Crippen molar-refractivity contribution in [2.24, 2.45) is 0 Å². The molecule has 2 aromatic rings. The highest BCUT2D eigenvalue weighted by atomic mass is 32.2. The van der Waals surface area contributed by atoms with Gasteiger partial charge in [0.2, 0.25) is 15.9 Å². The molecule has 148 valence electrons. The van der Waals surface area contributed by atoms with Crippen molar-refractivity contribution in [2.45, 2.75) is 19.9 Å². The van der Waals surface area contributed by atoms with Gasteiger partial charge in [0.1, 0.15) is 5.76 Å². The Hall–Kier alpha value is -2.59. The number of rotatable bonds is 9. The van der Waals surface area contributed by atoms with Gasteiger partial charge in [-0.3, -0.25) is 4.79 Å². The summed E-state index contributed by atoms with van der Waals surface area (Å²) in [5.41, 5.74) is 0.714. The number of hydrogen-bond acceptors (Lipinski definition) is 7. The van der Waals surface area contributed by atoms with Gasteiger partial charge in [0.15, 0.2) is 17.3 Å². The second kappa shape index (κ2) is 8.87. The molecule has 0 spiro atoms. The van der Waals surface area contributed by atoms with Gasteiger partial charge in [-0.15, -0.1) is 0 Å². The molecule has 0 unspecified atom stereocenters. The third-order valence-electron chi connectivity index (χ3n) is 3.76. The van der Waals surface area contributed by atoms with Crippen LogP contribution in [0.4, 0.5) is 5.82 Å². The maximum absolute atomic E-state index is 12.1. The van der Waals surface area contributed by atoms with Gasteiger partial charge in [0.05, 0.1) is 20.5 Å². The Labute approximate surface area is 158 Å². The maximum atomic E-state index is 12.1. The molecular formula is C17H23N3O6S. The summed E-state index contributed by atoms with van der Waals surface area (Å²) in [6, 6.07) is 6.73. The van der Waals surface area contributed by atoms with Gasteiger partial charge in [-0.2, -0.15) is 4.31 Å². The average molecular weight is 397 g/mol. The summed E-state index contributed by atoms with van der Waals surface area (Å²) >= 11 is 0. The lowest BCUT2D eigenvalue weighted by Gasteiger charge is -2.20. The summed E-state index contributed by atoms with van der Waals surface area (Å²) < 4.78 is 40.7. The van der Waals surface area contributed by atoms with Crippen molar-refractivity contribution in [1.82, 2.24) is 9.46 Å². The monoisotopic (exact) mass is 397 g/mol. The molecule has 1 amide bonds. The van der Waals surface area contributed by atoms with Crippen LogP contribution in [0.5, 0.6) is 11.5 Å². The van der Waals surface area contributed by atoms with Crippen LogP contribution >= 0.6 is 0 Å². The standard InChI is InChI=1S/C17H23N3O6S/c1-12-9-16(19-26-12)18-17(21)7-8-20(27(4,22)23)11-13-5-6-14(24-2)15(10-13)25-3/h5-6,9-10H,7-8,11H2,1-4H3,(H,18,19,21). The van der Waals surface area contributed by atoms with Crippen LogP contribution in [-0.4, -0.2) is 50.8 Å². The van der Waals surface area contributed by atoms with Crippen molar-refractivity contribution in [3.63, 3.8) is 0 Å². The van der Waals surface area contributed by atoms with Crippen molar-refractivity contribution in [2.75, 3.05) is 32.3 Å². The number of nitrogens with zero attached hydrogens (tertiary/aromatic N) is 2. The summed E-state index contributed by atoms with van der Waals surface area (Å²) in [7, 11) is -0.487. The van der Waals surface area contributed by atoms with E-state index in [1.165, 1.54) is 18.5 Å². The Bertz CT molecular complexity index is 894. The molecule has 0 bridgehead atoms. The van der Waals surface area contributed by atoms with Crippen LogP contribution < -0.4 is 14.8 Å². The minimum atomic E-state index is -3.52. The second-order valence-corrected chi connectivity index (χ2v) is 7.89. The third-order valence-corrected chi connectivity index (χ3v) is 5.01. The fourth-order valence-electron chi connectivity index (χ4n) is 2.40. The Balaban J connectivity index is 2.04. The lowest BCUT2D eigenvalue weighted by molar-refractivity contribution is -0.116. The van der Waals surface area contributed by atoms with Gasteiger partial charge in [-0.05, 0) is 24.6 Å². The molecule has 2 rings (SSSR count). The largest absolute Gasteiger partial charge is 0.493 e. The predicted molar refractivity (Wildman–Crippen MR) is 99.3 cm³/mol. The molecule has 0 saturated carbocycles. The van der Waals surface area contributed by atoms with Gasteiger partial charge < -0.3 is 19.3 Å². The van der Waals surface area contributed by atoms with E-state index in [4.69, 9.17) is 14.0 Å². The number of aromatic nitrogens is 1. The molecule has 1 aromatic heterocycles. The highest BCUT2D eigenvalue weighted by Gasteiger charge is 2.19. The number of nitrogens with one attached hydrogen (secondary N) is 1.